The molecule has 0 bridgehead atoms. The van der Waals surface area contributed by atoms with Gasteiger partial charge in [0.05, 0.1) is 11.3 Å². The summed E-state index contributed by atoms with van der Waals surface area (Å²) in [7, 11) is 0. The van der Waals surface area contributed by atoms with E-state index in [1.54, 1.807) is 36.2 Å². The number of amides is 1. The summed E-state index contributed by atoms with van der Waals surface area (Å²) in [6, 6.07) is 10.8. The summed E-state index contributed by atoms with van der Waals surface area (Å²) in [4.78, 5) is 40.9. The lowest BCUT2D eigenvalue weighted by molar-refractivity contribution is -0.115. The molecule has 1 aromatic heterocycles. The van der Waals surface area contributed by atoms with Crippen LogP contribution in [0.5, 0.6) is 0 Å². The molecule has 29 heavy (non-hydrogen) atoms. The van der Waals surface area contributed by atoms with E-state index in [1.165, 1.54) is 0 Å². The summed E-state index contributed by atoms with van der Waals surface area (Å²) in [5.41, 5.74) is 3.47. The summed E-state index contributed by atoms with van der Waals surface area (Å²) in [5, 5.41) is 3.63. The molecular formula is C22H20N2O4S. The van der Waals surface area contributed by atoms with E-state index in [0.29, 0.717) is 29.0 Å². The molecule has 0 spiro atoms. The number of benzene rings is 2. The van der Waals surface area contributed by atoms with Crippen molar-refractivity contribution < 1.29 is 19.1 Å². The molecule has 1 aliphatic rings. The zero-order valence-corrected chi connectivity index (χ0v) is 16.7. The predicted octanol–water partition coefficient (Wildman–Crippen LogP) is 4.20. The Kier molecular flexibility index (Phi) is 5.40. The van der Waals surface area contributed by atoms with Crippen molar-refractivity contribution in [2.45, 2.75) is 24.7 Å². The second-order valence-electron chi connectivity index (χ2n) is 6.75. The lowest BCUT2D eigenvalue weighted by Gasteiger charge is -2.09. The number of esters is 1. The molecule has 0 aliphatic carbocycles. The van der Waals surface area contributed by atoms with E-state index in [1.807, 2.05) is 18.2 Å². The number of aryl methyl sites for hydroxylation is 1. The number of hydrogen-bond donors (Lipinski definition) is 2. The van der Waals surface area contributed by atoms with Gasteiger partial charge < -0.3 is 15.0 Å². The van der Waals surface area contributed by atoms with Crippen LogP contribution >= 0.6 is 11.8 Å². The zero-order chi connectivity index (χ0) is 20.4. The molecule has 0 saturated carbocycles. The highest BCUT2D eigenvalue weighted by Crippen LogP contribution is 2.31. The number of Topliss-reactive ketones (excluding diaryl/α,β-unsaturated/α-hetero) is 1. The Balaban J connectivity index is 1.47. The van der Waals surface area contributed by atoms with Crippen LogP contribution in [0.3, 0.4) is 0 Å². The molecule has 7 heteroatoms. The van der Waals surface area contributed by atoms with Crippen LogP contribution < -0.4 is 5.32 Å². The largest absolute Gasteiger partial charge is 0.454 e. The predicted molar refractivity (Wildman–Crippen MR) is 113 cm³/mol. The zero-order valence-electron chi connectivity index (χ0n) is 15.9. The van der Waals surface area contributed by atoms with Gasteiger partial charge in [-0.25, -0.2) is 4.79 Å². The van der Waals surface area contributed by atoms with Crippen molar-refractivity contribution in [2.75, 3.05) is 17.7 Å². The highest BCUT2D eigenvalue weighted by molar-refractivity contribution is 7.99. The number of carbonyl (C=O) groups is 3. The second-order valence-corrected chi connectivity index (χ2v) is 7.89. The van der Waals surface area contributed by atoms with Crippen molar-refractivity contribution in [3.8, 4) is 0 Å². The van der Waals surface area contributed by atoms with Gasteiger partial charge in [-0.1, -0.05) is 25.1 Å². The molecule has 1 aliphatic heterocycles. The van der Waals surface area contributed by atoms with Crippen molar-refractivity contribution in [3.63, 3.8) is 0 Å². The van der Waals surface area contributed by atoms with Crippen LogP contribution in [0.2, 0.25) is 0 Å². The summed E-state index contributed by atoms with van der Waals surface area (Å²) < 4.78 is 5.25. The topological polar surface area (TPSA) is 88.3 Å². The third-order valence-electron chi connectivity index (χ3n) is 4.89. The Morgan fingerprint density at radius 3 is 2.90 bits per heavy atom. The molecule has 6 nitrogen and oxygen atoms in total. The average Bonchev–Trinajstić information content (AvgIpc) is 3.07. The number of aromatic nitrogens is 1. The number of para-hydroxylation sites is 1. The quantitative estimate of drug-likeness (QED) is 0.488. The first-order valence-electron chi connectivity index (χ1n) is 9.43. The Bertz CT molecular complexity index is 1120. The standard InChI is InChI=1S/C22H20N2O4S/c1-2-13-4-3-5-15-16(11-23-21(13)15)18(25)12-28-22(27)14-6-7-19-17(10-14)24-20(26)8-9-29-19/h3-7,10-11,23H,2,8-9,12H2,1H3,(H,24,26). The summed E-state index contributed by atoms with van der Waals surface area (Å²) in [6.07, 6.45) is 2.95. The number of nitrogens with one attached hydrogen (secondary N) is 2. The van der Waals surface area contributed by atoms with Gasteiger partial charge >= 0.3 is 5.97 Å². The Morgan fingerprint density at radius 1 is 1.21 bits per heavy atom. The Labute approximate surface area is 172 Å². The van der Waals surface area contributed by atoms with Gasteiger partial charge in [0.2, 0.25) is 11.7 Å². The molecule has 148 valence electrons. The molecule has 1 amide bonds. The minimum absolute atomic E-state index is 0.0808. The maximum atomic E-state index is 12.6. The van der Waals surface area contributed by atoms with Crippen molar-refractivity contribution in [1.82, 2.24) is 4.98 Å². The van der Waals surface area contributed by atoms with E-state index in [0.717, 1.165) is 27.8 Å². The molecule has 2 heterocycles. The number of hydrogen-bond acceptors (Lipinski definition) is 5. The highest BCUT2D eigenvalue weighted by Gasteiger charge is 2.19. The monoisotopic (exact) mass is 408 g/mol. The van der Waals surface area contributed by atoms with Gasteiger partial charge in [0.15, 0.2) is 6.61 Å². The molecule has 0 fully saturated rings. The number of fused-ring (bicyclic) bond motifs is 2. The van der Waals surface area contributed by atoms with Gasteiger partial charge in [0, 0.05) is 39.7 Å². The van der Waals surface area contributed by atoms with Crippen molar-refractivity contribution >= 4 is 46.0 Å². The van der Waals surface area contributed by atoms with Crippen LogP contribution in [0.1, 0.15) is 39.6 Å². The Hall–Kier alpha value is -3.06. The van der Waals surface area contributed by atoms with E-state index < -0.39 is 5.97 Å². The summed E-state index contributed by atoms with van der Waals surface area (Å²) in [6.45, 7) is 1.71. The van der Waals surface area contributed by atoms with Crippen molar-refractivity contribution in [3.05, 3.63) is 59.3 Å². The van der Waals surface area contributed by atoms with Crippen LogP contribution in [-0.4, -0.2) is 35.0 Å². The first-order valence-corrected chi connectivity index (χ1v) is 10.4. The van der Waals surface area contributed by atoms with Crippen LogP contribution in [0.15, 0.2) is 47.5 Å². The fourth-order valence-corrected chi connectivity index (χ4v) is 4.32. The molecule has 3 aromatic rings. The number of anilines is 1. The minimum atomic E-state index is -0.598. The molecule has 2 N–H and O–H groups in total. The number of rotatable bonds is 5. The smallest absolute Gasteiger partial charge is 0.338 e. The minimum Gasteiger partial charge on any atom is -0.454 e. The van der Waals surface area contributed by atoms with Gasteiger partial charge in [-0.05, 0) is 30.2 Å². The normalized spacial score (nSPS) is 13.5. The first-order chi connectivity index (χ1) is 14.1. The number of aromatic amines is 1. The van der Waals surface area contributed by atoms with Crippen LogP contribution in [0.4, 0.5) is 5.69 Å². The first kappa shape index (κ1) is 19.3. The molecular weight excluding hydrogens is 388 g/mol. The maximum Gasteiger partial charge on any atom is 0.338 e. The molecule has 0 saturated heterocycles. The van der Waals surface area contributed by atoms with Crippen molar-refractivity contribution in [1.29, 1.82) is 0 Å². The fraction of sp³-hybridized carbons (Fsp3) is 0.227. The number of ketones is 1. The van der Waals surface area contributed by atoms with Gasteiger partial charge in [0.1, 0.15) is 0 Å². The third kappa shape index (κ3) is 3.91. The Morgan fingerprint density at radius 2 is 2.07 bits per heavy atom. The average molecular weight is 408 g/mol. The lowest BCUT2D eigenvalue weighted by Crippen LogP contribution is -2.15. The SMILES string of the molecule is CCc1cccc2c(C(=O)COC(=O)c3ccc4c(c3)NC(=O)CCS4)c[nH]c12. The molecule has 0 radical (unpaired) electrons. The number of H-pyrrole nitrogens is 1. The van der Waals surface area contributed by atoms with Crippen LogP contribution in [-0.2, 0) is 16.0 Å². The second kappa shape index (κ2) is 8.13. The maximum absolute atomic E-state index is 12.6. The summed E-state index contributed by atoms with van der Waals surface area (Å²) in [5.74, 6) is -0.250. The third-order valence-corrected chi connectivity index (χ3v) is 5.97. The molecule has 2 aromatic carbocycles. The summed E-state index contributed by atoms with van der Waals surface area (Å²) >= 11 is 1.56. The number of thioether (sulfide) groups is 1. The van der Waals surface area contributed by atoms with E-state index in [-0.39, 0.29) is 18.3 Å². The molecule has 0 unspecified atom stereocenters. The molecule has 0 atom stereocenters. The van der Waals surface area contributed by atoms with Gasteiger partial charge in [-0.15, -0.1) is 11.8 Å². The number of ether oxygens (including phenoxy) is 1. The van der Waals surface area contributed by atoms with E-state index in [9.17, 15) is 14.4 Å². The fourth-order valence-electron chi connectivity index (χ4n) is 3.38. The van der Waals surface area contributed by atoms with Gasteiger partial charge in [0.25, 0.3) is 0 Å². The van der Waals surface area contributed by atoms with Crippen LogP contribution in [0, 0.1) is 0 Å². The van der Waals surface area contributed by atoms with Gasteiger partial charge in [-0.3, -0.25) is 9.59 Å². The molecule has 4 rings (SSSR count). The van der Waals surface area contributed by atoms with E-state index in [2.05, 4.69) is 17.2 Å². The van der Waals surface area contributed by atoms with Crippen LogP contribution in [0.25, 0.3) is 10.9 Å². The lowest BCUT2D eigenvalue weighted by atomic mass is 10.1. The van der Waals surface area contributed by atoms with E-state index in [4.69, 9.17) is 4.74 Å². The van der Waals surface area contributed by atoms with E-state index >= 15 is 0 Å². The van der Waals surface area contributed by atoms with Gasteiger partial charge in [-0.2, -0.15) is 0 Å². The highest BCUT2D eigenvalue weighted by atomic mass is 32.2. The van der Waals surface area contributed by atoms with Crippen molar-refractivity contribution in [2.24, 2.45) is 0 Å². The number of carbonyl (C=O) groups excluding carboxylic acids is 3.